The summed E-state index contributed by atoms with van der Waals surface area (Å²) < 4.78 is 151. The predicted molar refractivity (Wildman–Crippen MR) is 506 cm³/mol. The Balaban J connectivity index is 0.000000198. The minimum absolute atomic E-state index is 0.119. The minimum Gasteiger partial charge on any atom is -0.497 e. The number of hydrogen-bond donors (Lipinski definition) is 8. The van der Waals surface area contributed by atoms with Crippen LogP contribution in [-0.4, -0.2) is 276 Å². The monoisotopic (exact) mass is 2050 g/mol. The molecule has 4 fully saturated rings. The van der Waals surface area contributed by atoms with Crippen LogP contribution >= 0.6 is 0 Å². The second-order valence-corrected chi connectivity index (χ2v) is 30.7. The molecule has 0 atom stereocenters. The highest BCUT2D eigenvalue weighted by Crippen LogP contribution is 2.27. The third-order valence-corrected chi connectivity index (χ3v) is 21.0. The molecule has 0 bridgehead atoms. The second kappa shape index (κ2) is 53.2. The van der Waals surface area contributed by atoms with E-state index in [0.29, 0.717) is 112 Å². The summed E-state index contributed by atoms with van der Waals surface area (Å²) in [6.45, 7) is 22.7. The number of fused-ring (bicyclic) bond motifs is 4. The zero-order valence-corrected chi connectivity index (χ0v) is 78.5. The maximum absolute atomic E-state index is 13.3. The number of para-hydroxylation sites is 1. The minimum atomic E-state index is -5.08. The molecule has 4 saturated heterocycles. The molecular formula is C93H95F12N25O16. The van der Waals surface area contributed by atoms with Crippen molar-refractivity contribution in [2.45, 2.75) is 105 Å². The van der Waals surface area contributed by atoms with Crippen LogP contribution < -0.4 is 72.6 Å². The maximum atomic E-state index is 13.3. The van der Waals surface area contributed by atoms with Crippen LogP contribution in [0.15, 0.2) is 153 Å². The van der Waals surface area contributed by atoms with Crippen molar-refractivity contribution in [1.82, 2.24) is 98.6 Å². The normalized spacial score (nSPS) is 13.3. The van der Waals surface area contributed by atoms with Gasteiger partial charge in [-0.25, -0.2) is 57.8 Å². The van der Waals surface area contributed by atoms with Gasteiger partial charge in [0.1, 0.15) is 75.3 Å². The Labute approximate surface area is 820 Å². The van der Waals surface area contributed by atoms with Crippen molar-refractivity contribution < 1.29 is 111 Å². The van der Waals surface area contributed by atoms with Crippen molar-refractivity contribution in [2.75, 3.05) is 138 Å². The SMILES string of the molecule is CC#CCn1c(N2CCNCC2)nc2cnn(CC(=O)c3cccc(OC)c3)c(=O)c21.CC#CCn1c(N2CCNCC2)nc2cnn(CC(=O)c3ccccc3)c(=O)c21.CC#CCn1c(N2CCNCC2)nc2cnn(CCOc3ccccc3)c(=O)c21.CC#CCn1c(N2CCNCC2)nc2cnn(Cc3ccccc3C#N)c(=O)c21.O=C(O)C(F)(F)F.O=C(O)C(F)(F)F.O=C(O)C(F)(F)F.O=C(O)C(F)(F)F. The molecule has 0 spiro atoms. The van der Waals surface area contributed by atoms with Gasteiger partial charge in [-0.2, -0.15) is 78.3 Å². The number of aliphatic carboxylic acids is 4. The summed E-state index contributed by atoms with van der Waals surface area (Å²) in [4.78, 5) is 141. The number of piperazine rings is 4. The number of alkyl halides is 12. The maximum Gasteiger partial charge on any atom is 0.490 e. The number of Topliss-reactive ketones (excluding diaryl/α,β-unsaturated/α-hetero) is 2. The van der Waals surface area contributed by atoms with Crippen LogP contribution in [-0.2, 0) is 71.5 Å². The number of carboxylic acid groups (broad SMARTS) is 4. The van der Waals surface area contributed by atoms with E-state index in [9.17, 15) is 86.7 Å². The summed E-state index contributed by atoms with van der Waals surface area (Å²) in [6.07, 6.45) is -14.0. The Bertz CT molecular complexity index is 7070. The van der Waals surface area contributed by atoms with E-state index < -0.39 is 48.6 Å². The van der Waals surface area contributed by atoms with Gasteiger partial charge in [0.05, 0.1) is 82.8 Å². The molecule has 12 heterocycles. The zero-order valence-electron chi connectivity index (χ0n) is 78.5. The van der Waals surface area contributed by atoms with Gasteiger partial charge in [0, 0.05) is 116 Å². The van der Waals surface area contributed by atoms with E-state index in [1.807, 2.05) is 66.8 Å². The Morgan fingerprint density at radius 1 is 0.384 bits per heavy atom. The topological polar surface area (TPSA) is 498 Å². The summed E-state index contributed by atoms with van der Waals surface area (Å²) in [6, 6.07) is 34.7. The molecule has 8 N–H and O–H groups in total. The van der Waals surface area contributed by atoms with E-state index in [2.05, 4.69) is 125 Å². The molecule has 146 heavy (non-hydrogen) atoms. The predicted octanol–water partition coefficient (Wildman–Crippen LogP) is 6.41. The summed E-state index contributed by atoms with van der Waals surface area (Å²) in [7, 11) is 1.54. The highest BCUT2D eigenvalue weighted by Gasteiger charge is 2.41. The molecule has 0 amide bonds. The molecule has 0 radical (unpaired) electrons. The second-order valence-electron chi connectivity index (χ2n) is 30.7. The number of nitrogens with one attached hydrogen (secondary N) is 4. The van der Waals surface area contributed by atoms with Crippen molar-refractivity contribution in [3.05, 3.63) is 198 Å². The molecule has 16 rings (SSSR count). The molecule has 4 aromatic carbocycles. The third kappa shape index (κ3) is 31.3. The molecule has 772 valence electrons. The van der Waals surface area contributed by atoms with Crippen LogP contribution in [0.5, 0.6) is 11.5 Å². The lowest BCUT2D eigenvalue weighted by Gasteiger charge is -2.28. The van der Waals surface area contributed by atoms with Crippen LogP contribution in [0.1, 0.15) is 59.5 Å². The highest BCUT2D eigenvalue weighted by atomic mass is 19.4. The Morgan fingerprint density at radius 2 is 0.664 bits per heavy atom. The number of aromatic nitrogens is 16. The first-order valence-electron chi connectivity index (χ1n) is 44.0. The number of ether oxygens (including phenoxy) is 2. The first kappa shape index (κ1) is 113. The van der Waals surface area contributed by atoms with Gasteiger partial charge in [0.2, 0.25) is 23.8 Å². The lowest BCUT2D eigenvalue weighted by atomic mass is 10.1. The van der Waals surface area contributed by atoms with Crippen molar-refractivity contribution in [3.8, 4) is 64.9 Å². The third-order valence-electron chi connectivity index (χ3n) is 21.0. The van der Waals surface area contributed by atoms with Crippen LogP contribution in [0.4, 0.5) is 76.5 Å². The van der Waals surface area contributed by atoms with E-state index in [-0.39, 0.29) is 53.4 Å². The van der Waals surface area contributed by atoms with Gasteiger partial charge < -0.3 is 70.8 Å². The van der Waals surface area contributed by atoms with Crippen LogP contribution in [0.3, 0.4) is 0 Å². The summed E-state index contributed by atoms with van der Waals surface area (Å²) in [5.41, 5.74) is 5.24. The van der Waals surface area contributed by atoms with E-state index in [1.165, 1.54) is 24.9 Å². The fourth-order valence-corrected chi connectivity index (χ4v) is 14.0. The summed E-state index contributed by atoms with van der Waals surface area (Å²) in [5, 5.41) is 68.1. The largest absolute Gasteiger partial charge is 0.497 e. The number of halogens is 12. The van der Waals surface area contributed by atoms with Gasteiger partial charge >= 0.3 is 48.6 Å². The number of nitriles is 1. The van der Waals surface area contributed by atoms with Gasteiger partial charge in [0.25, 0.3) is 22.2 Å². The van der Waals surface area contributed by atoms with E-state index in [1.54, 1.807) is 114 Å². The standard InChI is InChI=1S/C22H24N6O3.C21H21N7O.C21H22N6O2.C21H24N6O2.4C2HF3O2/c1-3-4-10-27-20-18(25-22(27)26-11-8-23-9-12-26)14-24-28(21(20)30)15-19(29)16-6-5-7-17(13-16)31-2;1-2-3-10-27-19-18(25-21(27)26-11-8-23-9-12-26)14-24-28(20(19)29)15-17-7-5-4-6-16(17)13-22;1-2-3-11-26-19-17(24-21(26)25-12-9-22-10-13-25)14-23-27(20(19)29)15-18(28)16-7-5-4-6-8-16;1-2-3-11-26-19-18(24-21(26)25-12-9-22-10-13-25)16-23-27(20(19)28)14-15-29-17-7-5-4-6-8-17;4*3-2(4,5)1(6)7/h5-7,13-14,23H,8-12,15H2,1-2H3;4-7,14,23H,8-12,15H2,1H3;4-8,14,22H,9-13,15H2,1H3;4-8,16,22H,9-15H2,1H3;4*(H,6,7). The number of nitrogens with zero attached hydrogens (tertiary/aromatic N) is 21. The van der Waals surface area contributed by atoms with Crippen molar-refractivity contribution >= 4 is 103 Å². The summed E-state index contributed by atoms with van der Waals surface area (Å²) in [5.74, 6) is 16.6. The number of imidazole rings is 4. The Morgan fingerprint density at radius 3 is 0.986 bits per heavy atom. The number of methoxy groups -OCH3 is 1. The first-order chi connectivity index (χ1) is 69.6. The number of carboxylic acids is 4. The first-order valence-corrected chi connectivity index (χ1v) is 44.0. The number of carbonyl (C=O) groups is 6. The Kier molecular flexibility index (Phi) is 41.1. The molecular weight excluding hydrogens is 1950 g/mol. The molecule has 41 nitrogen and oxygen atoms in total. The van der Waals surface area contributed by atoms with Crippen LogP contribution in [0, 0.1) is 58.7 Å². The van der Waals surface area contributed by atoms with Crippen molar-refractivity contribution in [2.24, 2.45) is 0 Å². The van der Waals surface area contributed by atoms with E-state index in [0.717, 1.165) is 134 Å². The van der Waals surface area contributed by atoms with Crippen LogP contribution in [0.2, 0.25) is 0 Å². The zero-order chi connectivity index (χ0) is 107. The van der Waals surface area contributed by atoms with E-state index >= 15 is 0 Å². The lowest BCUT2D eigenvalue weighted by molar-refractivity contribution is -0.193. The smallest absolute Gasteiger partial charge is 0.490 e. The van der Waals surface area contributed by atoms with Gasteiger partial charge in [-0.3, -0.25) is 47.0 Å². The molecule has 0 saturated carbocycles. The number of rotatable bonds is 21. The van der Waals surface area contributed by atoms with Gasteiger partial charge in [0.15, 0.2) is 11.6 Å². The number of hydrogen-bond acceptors (Lipinski definition) is 29. The fourth-order valence-electron chi connectivity index (χ4n) is 14.0. The molecule has 0 unspecified atom stereocenters. The van der Waals surface area contributed by atoms with Crippen molar-refractivity contribution in [3.63, 3.8) is 0 Å². The molecule has 53 heteroatoms. The Hall–Kier alpha value is -17.0. The molecule has 0 aliphatic carbocycles. The average molecular weight is 2050 g/mol. The lowest BCUT2D eigenvalue weighted by Crippen LogP contribution is -2.44. The average Bonchev–Trinajstić information content (AvgIpc) is 1.63. The number of ketones is 2. The number of benzene rings is 4. The van der Waals surface area contributed by atoms with Crippen LogP contribution in [0.25, 0.3) is 44.1 Å². The van der Waals surface area contributed by atoms with E-state index in [4.69, 9.17) is 59.0 Å². The molecule has 8 aromatic heterocycles. The number of anilines is 4. The molecule has 4 aliphatic heterocycles. The molecule has 12 aromatic rings. The highest BCUT2D eigenvalue weighted by molar-refractivity contribution is 5.97. The summed E-state index contributed by atoms with van der Waals surface area (Å²) >= 11 is 0. The van der Waals surface area contributed by atoms with Crippen molar-refractivity contribution in [1.29, 1.82) is 5.26 Å². The van der Waals surface area contributed by atoms with Gasteiger partial charge in [-0.1, -0.05) is 103 Å². The quantitative estimate of drug-likeness (QED) is 0.0219. The fraction of sp³-hybridized carbons (Fsp3) is 0.366. The number of carbonyl (C=O) groups excluding carboxylic acids is 2. The molecule has 4 aliphatic rings. The van der Waals surface area contributed by atoms with Gasteiger partial charge in [-0.15, -0.1) is 23.7 Å². The van der Waals surface area contributed by atoms with Gasteiger partial charge in [-0.05, 0) is 63.6 Å².